The molecule has 1 aliphatic rings. The Morgan fingerprint density at radius 3 is 2.52 bits per heavy atom. The second-order valence-electron chi connectivity index (χ2n) is 10.7. The molecule has 2 amide bonds. The number of aromatic nitrogens is 3. The molecule has 3 aromatic heterocycles. The van der Waals surface area contributed by atoms with Crippen LogP contribution in [0.3, 0.4) is 0 Å². The number of fused-ring (bicyclic) bond motifs is 2. The molecule has 0 spiro atoms. The highest BCUT2D eigenvalue weighted by atomic mass is 16.3. The van der Waals surface area contributed by atoms with Crippen LogP contribution in [0.1, 0.15) is 37.8 Å². The molecule has 10 nitrogen and oxygen atoms in total. The van der Waals surface area contributed by atoms with Crippen molar-refractivity contribution in [1.29, 1.82) is 0 Å². The third-order valence-corrected chi connectivity index (χ3v) is 7.47. The summed E-state index contributed by atoms with van der Waals surface area (Å²) in [6, 6.07) is 9.46. The minimum absolute atomic E-state index is 0.0918. The van der Waals surface area contributed by atoms with E-state index in [1.165, 1.54) is 0 Å². The minimum atomic E-state index is -1.16. The highest BCUT2D eigenvalue weighted by Crippen LogP contribution is 2.39. The highest BCUT2D eigenvalue weighted by molar-refractivity contribution is 6.19. The lowest BCUT2D eigenvalue weighted by Gasteiger charge is -2.27. The molecule has 1 aromatic carbocycles. The van der Waals surface area contributed by atoms with Crippen LogP contribution in [0.4, 0.5) is 11.4 Å². The van der Waals surface area contributed by atoms with Gasteiger partial charge in [-0.15, -0.1) is 0 Å². The van der Waals surface area contributed by atoms with Crippen molar-refractivity contribution in [2.45, 2.75) is 47.3 Å². The van der Waals surface area contributed by atoms with Crippen LogP contribution in [0.15, 0.2) is 64.3 Å². The molecule has 4 aromatic rings. The van der Waals surface area contributed by atoms with Crippen molar-refractivity contribution < 1.29 is 14.0 Å². The number of aryl methyl sites for hydroxylation is 1. The summed E-state index contributed by atoms with van der Waals surface area (Å²) in [6.07, 6.45) is 6.79. The van der Waals surface area contributed by atoms with Gasteiger partial charge in [0.1, 0.15) is 16.8 Å². The summed E-state index contributed by atoms with van der Waals surface area (Å²) in [7, 11) is 1.72. The predicted octanol–water partition coefficient (Wildman–Crippen LogP) is 3.75. The predicted molar refractivity (Wildman–Crippen MR) is 153 cm³/mol. The van der Waals surface area contributed by atoms with E-state index in [0.717, 1.165) is 11.3 Å². The molecule has 0 unspecified atom stereocenters. The first-order valence-electron chi connectivity index (χ1n) is 13.4. The standard InChI is InChI=1S/C30H34N6O4/c1-6-36-24-8-7-21(16-25(24)33(5)28(38)30(3,4)29(36)39)18-34(19-22-17-31-10-11-32-22)13-14-35-12-9-26-23(27(35)37)15-20(2)40-26/h7-12,15-17H,6,13-14,18-19H2,1-5H3. The van der Waals surface area contributed by atoms with Crippen molar-refractivity contribution >= 4 is 34.2 Å². The lowest BCUT2D eigenvalue weighted by molar-refractivity contribution is -0.137. The van der Waals surface area contributed by atoms with Crippen molar-refractivity contribution in [1.82, 2.24) is 19.4 Å². The average Bonchev–Trinajstić information content (AvgIpc) is 3.32. The van der Waals surface area contributed by atoms with Gasteiger partial charge in [-0.2, -0.15) is 0 Å². The van der Waals surface area contributed by atoms with Crippen molar-refractivity contribution in [2.75, 3.05) is 29.9 Å². The van der Waals surface area contributed by atoms with E-state index in [9.17, 15) is 14.4 Å². The number of pyridine rings is 1. The SMILES string of the molecule is CCN1C(=O)C(C)(C)C(=O)N(C)c2cc(CN(CCn3ccc4oc(C)cc4c3=O)Cc3cnccn3)ccc21. The molecule has 0 saturated heterocycles. The van der Waals surface area contributed by atoms with Gasteiger partial charge in [0.15, 0.2) is 0 Å². The van der Waals surface area contributed by atoms with Gasteiger partial charge in [-0.3, -0.25) is 29.3 Å². The molecule has 5 rings (SSSR count). The summed E-state index contributed by atoms with van der Waals surface area (Å²) < 4.78 is 7.29. The monoisotopic (exact) mass is 542 g/mol. The molecule has 208 valence electrons. The van der Waals surface area contributed by atoms with Gasteiger partial charge < -0.3 is 18.8 Å². The van der Waals surface area contributed by atoms with Crippen LogP contribution in [0.25, 0.3) is 11.0 Å². The Balaban J connectivity index is 1.44. The smallest absolute Gasteiger partial charge is 0.261 e. The maximum Gasteiger partial charge on any atom is 0.261 e. The maximum atomic E-state index is 13.3. The second kappa shape index (κ2) is 10.7. The van der Waals surface area contributed by atoms with E-state index in [2.05, 4.69) is 14.9 Å². The Labute approximate surface area is 232 Å². The van der Waals surface area contributed by atoms with E-state index < -0.39 is 5.41 Å². The normalized spacial score (nSPS) is 15.2. The Kier molecular flexibility index (Phi) is 7.29. The first kappa shape index (κ1) is 27.3. The number of hydrogen-bond acceptors (Lipinski definition) is 7. The van der Waals surface area contributed by atoms with Gasteiger partial charge in [0.05, 0.1) is 22.5 Å². The van der Waals surface area contributed by atoms with Gasteiger partial charge in [-0.1, -0.05) is 6.07 Å². The van der Waals surface area contributed by atoms with Crippen LogP contribution in [0, 0.1) is 12.3 Å². The number of amides is 2. The lowest BCUT2D eigenvalue weighted by Crippen LogP contribution is -2.47. The summed E-state index contributed by atoms with van der Waals surface area (Å²) in [6.45, 7) is 9.65. The Bertz CT molecular complexity index is 1620. The molecular weight excluding hydrogens is 508 g/mol. The third kappa shape index (κ3) is 5.02. The van der Waals surface area contributed by atoms with Gasteiger partial charge in [0.25, 0.3) is 5.56 Å². The summed E-state index contributed by atoms with van der Waals surface area (Å²) in [5.74, 6) is 0.248. The molecule has 0 fully saturated rings. The zero-order valence-electron chi connectivity index (χ0n) is 23.5. The van der Waals surface area contributed by atoms with Crippen molar-refractivity contribution in [3.8, 4) is 0 Å². The van der Waals surface area contributed by atoms with E-state index in [1.807, 2.05) is 38.1 Å². The molecule has 0 radical (unpaired) electrons. The lowest BCUT2D eigenvalue weighted by atomic mass is 9.90. The Morgan fingerprint density at radius 1 is 1.00 bits per heavy atom. The second-order valence-corrected chi connectivity index (χ2v) is 10.7. The van der Waals surface area contributed by atoms with Crippen LogP contribution < -0.4 is 15.4 Å². The zero-order chi connectivity index (χ0) is 28.6. The van der Waals surface area contributed by atoms with Crippen LogP contribution in [-0.2, 0) is 29.2 Å². The molecule has 10 heteroatoms. The first-order valence-corrected chi connectivity index (χ1v) is 13.4. The minimum Gasteiger partial charge on any atom is -0.461 e. The third-order valence-electron chi connectivity index (χ3n) is 7.47. The molecule has 0 bridgehead atoms. The fourth-order valence-corrected chi connectivity index (χ4v) is 5.29. The van der Waals surface area contributed by atoms with Gasteiger partial charge in [0, 0.05) is 64.6 Å². The molecule has 0 saturated carbocycles. The number of carbonyl (C=O) groups is 2. The summed E-state index contributed by atoms with van der Waals surface area (Å²) >= 11 is 0. The quantitative estimate of drug-likeness (QED) is 0.312. The van der Waals surface area contributed by atoms with E-state index in [-0.39, 0.29) is 17.4 Å². The van der Waals surface area contributed by atoms with Crippen molar-refractivity contribution in [3.05, 3.63) is 82.5 Å². The average molecular weight is 543 g/mol. The van der Waals surface area contributed by atoms with Crippen molar-refractivity contribution in [3.63, 3.8) is 0 Å². The van der Waals surface area contributed by atoms with Gasteiger partial charge in [-0.25, -0.2) is 0 Å². The van der Waals surface area contributed by atoms with Crippen LogP contribution in [0.5, 0.6) is 0 Å². The van der Waals surface area contributed by atoms with Crippen molar-refractivity contribution in [2.24, 2.45) is 5.41 Å². The number of rotatable bonds is 8. The van der Waals surface area contributed by atoms with E-state index in [1.54, 1.807) is 66.1 Å². The van der Waals surface area contributed by atoms with E-state index >= 15 is 0 Å². The van der Waals surface area contributed by atoms with Crippen LogP contribution in [0.2, 0.25) is 0 Å². The maximum absolute atomic E-state index is 13.3. The largest absolute Gasteiger partial charge is 0.461 e. The number of hydrogen-bond donors (Lipinski definition) is 0. The number of benzene rings is 1. The van der Waals surface area contributed by atoms with Crippen LogP contribution >= 0.6 is 0 Å². The summed E-state index contributed by atoms with van der Waals surface area (Å²) in [5.41, 5.74) is 2.52. The molecule has 1 aliphatic heterocycles. The fourth-order valence-electron chi connectivity index (χ4n) is 5.29. The van der Waals surface area contributed by atoms with E-state index in [0.29, 0.717) is 60.8 Å². The number of furan rings is 1. The molecule has 0 aliphatic carbocycles. The molecule has 0 atom stereocenters. The number of nitrogens with zero attached hydrogens (tertiary/aromatic N) is 6. The molecule has 4 heterocycles. The zero-order valence-corrected chi connectivity index (χ0v) is 23.5. The highest BCUT2D eigenvalue weighted by Gasteiger charge is 2.45. The topological polar surface area (TPSA) is 105 Å². The summed E-state index contributed by atoms with van der Waals surface area (Å²) in [5, 5.41) is 0.567. The van der Waals surface area contributed by atoms with E-state index in [4.69, 9.17) is 4.42 Å². The molecule has 0 N–H and O–H groups in total. The van der Waals surface area contributed by atoms with Crippen LogP contribution in [-0.4, -0.2) is 51.4 Å². The van der Waals surface area contributed by atoms with Gasteiger partial charge in [-0.05, 0) is 57.5 Å². The number of anilines is 2. The Hall–Kier alpha value is -4.31. The first-order chi connectivity index (χ1) is 19.1. The van der Waals surface area contributed by atoms with Gasteiger partial charge >= 0.3 is 0 Å². The fraction of sp³-hybridized carbons (Fsp3) is 0.367. The number of carbonyl (C=O) groups excluding carboxylic acids is 2. The van der Waals surface area contributed by atoms with Gasteiger partial charge in [0.2, 0.25) is 11.8 Å². The Morgan fingerprint density at radius 2 is 1.80 bits per heavy atom. The summed E-state index contributed by atoms with van der Waals surface area (Å²) in [4.78, 5) is 53.7. The molecular formula is C30H34N6O4. The molecule has 40 heavy (non-hydrogen) atoms.